The number of anilines is 1. The predicted molar refractivity (Wildman–Crippen MR) is 67.5 cm³/mol. The van der Waals surface area contributed by atoms with Crippen molar-refractivity contribution in [3.05, 3.63) is 24.8 Å². The van der Waals surface area contributed by atoms with Crippen molar-refractivity contribution in [2.45, 2.75) is 6.92 Å². The Kier molecular flexibility index (Phi) is 2.62. The standard InChI is InChI=1S/C12H15N5O/c1-10(18)15-6-8-17(9-7-15)12-11-13-2-4-16(11)5-3-14-12/h2-5H,6-9H2,1H3. The first-order valence-electron chi connectivity index (χ1n) is 6.04. The number of imidazole rings is 1. The molecule has 0 aliphatic carbocycles. The van der Waals surface area contributed by atoms with Crippen molar-refractivity contribution in [2.75, 3.05) is 31.1 Å². The smallest absolute Gasteiger partial charge is 0.219 e. The highest BCUT2D eigenvalue weighted by Crippen LogP contribution is 2.18. The van der Waals surface area contributed by atoms with Gasteiger partial charge in [0.15, 0.2) is 11.5 Å². The summed E-state index contributed by atoms with van der Waals surface area (Å²) in [6.45, 7) is 4.72. The van der Waals surface area contributed by atoms with E-state index >= 15 is 0 Å². The molecule has 0 N–H and O–H groups in total. The zero-order valence-corrected chi connectivity index (χ0v) is 10.3. The average Bonchev–Trinajstić information content (AvgIpc) is 2.87. The molecule has 0 aromatic carbocycles. The number of hydrogen-bond donors (Lipinski definition) is 0. The Morgan fingerprint density at radius 2 is 1.78 bits per heavy atom. The lowest BCUT2D eigenvalue weighted by Gasteiger charge is -2.34. The summed E-state index contributed by atoms with van der Waals surface area (Å²) in [4.78, 5) is 24.1. The van der Waals surface area contributed by atoms with Gasteiger partial charge in [-0.05, 0) is 0 Å². The van der Waals surface area contributed by atoms with Gasteiger partial charge < -0.3 is 14.2 Å². The van der Waals surface area contributed by atoms with E-state index in [4.69, 9.17) is 0 Å². The quantitative estimate of drug-likeness (QED) is 0.729. The maximum atomic E-state index is 11.3. The van der Waals surface area contributed by atoms with Gasteiger partial charge in [-0.15, -0.1) is 0 Å². The summed E-state index contributed by atoms with van der Waals surface area (Å²) in [5.74, 6) is 1.03. The summed E-state index contributed by atoms with van der Waals surface area (Å²) >= 11 is 0. The molecule has 1 aliphatic rings. The van der Waals surface area contributed by atoms with Crippen LogP contribution >= 0.6 is 0 Å². The fraction of sp³-hybridized carbons (Fsp3) is 0.417. The van der Waals surface area contributed by atoms with Crippen LogP contribution in [0.3, 0.4) is 0 Å². The number of carbonyl (C=O) groups is 1. The zero-order valence-electron chi connectivity index (χ0n) is 10.3. The topological polar surface area (TPSA) is 53.7 Å². The highest BCUT2D eigenvalue weighted by molar-refractivity contribution is 5.74. The molecule has 6 heteroatoms. The molecule has 0 atom stereocenters. The third-order valence-corrected chi connectivity index (χ3v) is 3.32. The van der Waals surface area contributed by atoms with Crippen molar-refractivity contribution in [1.29, 1.82) is 0 Å². The van der Waals surface area contributed by atoms with Crippen LogP contribution in [0, 0.1) is 0 Å². The Labute approximate surface area is 105 Å². The van der Waals surface area contributed by atoms with Crippen LogP contribution in [0.1, 0.15) is 6.92 Å². The predicted octanol–water partition coefficient (Wildman–Crippen LogP) is 0.398. The van der Waals surface area contributed by atoms with E-state index in [1.54, 1.807) is 19.3 Å². The van der Waals surface area contributed by atoms with Crippen LogP contribution in [0.5, 0.6) is 0 Å². The molecule has 3 heterocycles. The average molecular weight is 245 g/mol. The second kappa shape index (κ2) is 4.29. The second-order valence-corrected chi connectivity index (χ2v) is 4.40. The summed E-state index contributed by atoms with van der Waals surface area (Å²) < 4.78 is 1.96. The summed E-state index contributed by atoms with van der Waals surface area (Å²) in [6, 6.07) is 0. The molecule has 3 rings (SSSR count). The van der Waals surface area contributed by atoms with Crippen LogP contribution in [-0.4, -0.2) is 51.4 Å². The van der Waals surface area contributed by atoms with Crippen LogP contribution in [-0.2, 0) is 4.79 Å². The summed E-state index contributed by atoms with van der Waals surface area (Å²) in [6.07, 6.45) is 7.34. The van der Waals surface area contributed by atoms with Gasteiger partial charge in [-0.1, -0.05) is 0 Å². The lowest BCUT2D eigenvalue weighted by molar-refractivity contribution is -0.129. The monoisotopic (exact) mass is 245 g/mol. The third-order valence-electron chi connectivity index (χ3n) is 3.32. The molecule has 0 saturated carbocycles. The number of fused-ring (bicyclic) bond motifs is 1. The Balaban J connectivity index is 1.84. The molecule has 94 valence electrons. The first kappa shape index (κ1) is 11.0. The van der Waals surface area contributed by atoms with E-state index in [0.717, 1.165) is 37.6 Å². The van der Waals surface area contributed by atoms with Crippen molar-refractivity contribution >= 4 is 17.4 Å². The second-order valence-electron chi connectivity index (χ2n) is 4.40. The van der Waals surface area contributed by atoms with E-state index in [1.807, 2.05) is 21.7 Å². The molecule has 0 unspecified atom stereocenters. The number of hydrogen-bond acceptors (Lipinski definition) is 4. The first-order chi connectivity index (χ1) is 8.75. The molecule has 0 spiro atoms. The van der Waals surface area contributed by atoms with Gasteiger partial charge in [0.05, 0.1) is 0 Å². The van der Waals surface area contributed by atoms with E-state index in [2.05, 4.69) is 14.9 Å². The van der Waals surface area contributed by atoms with Gasteiger partial charge >= 0.3 is 0 Å². The highest BCUT2D eigenvalue weighted by atomic mass is 16.2. The molecule has 2 aromatic heterocycles. The van der Waals surface area contributed by atoms with Gasteiger partial charge in [0.1, 0.15) is 0 Å². The summed E-state index contributed by atoms with van der Waals surface area (Å²) in [7, 11) is 0. The van der Waals surface area contributed by atoms with Crippen LogP contribution in [0.15, 0.2) is 24.8 Å². The van der Waals surface area contributed by atoms with Gasteiger partial charge in [-0.25, -0.2) is 9.97 Å². The van der Waals surface area contributed by atoms with Crippen molar-refractivity contribution in [2.24, 2.45) is 0 Å². The Hall–Kier alpha value is -2.11. The van der Waals surface area contributed by atoms with E-state index in [1.165, 1.54) is 0 Å². The molecule has 0 bridgehead atoms. The fourth-order valence-corrected chi connectivity index (χ4v) is 2.30. The molecule has 1 saturated heterocycles. The lowest BCUT2D eigenvalue weighted by Crippen LogP contribution is -2.48. The molecule has 18 heavy (non-hydrogen) atoms. The fourth-order valence-electron chi connectivity index (χ4n) is 2.30. The Morgan fingerprint density at radius 3 is 2.44 bits per heavy atom. The van der Waals surface area contributed by atoms with Crippen molar-refractivity contribution in [3.63, 3.8) is 0 Å². The molecule has 6 nitrogen and oxygen atoms in total. The Bertz CT molecular complexity index is 571. The van der Waals surface area contributed by atoms with Gasteiger partial charge in [0, 0.05) is 57.9 Å². The molecular weight excluding hydrogens is 230 g/mol. The minimum atomic E-state index is 0.140. The zero-order chi connectivity index (χ0) is 12.5. The van der Waals surface area contributed by atoms with E-state index in [0.29, 0.717) is 0 Å². The maximum absolute atomic E-state index is 11.3. The van der Waals surface area contributed by atoms with Crippen LogP contribution in [0.4, 0.5) is 5.82 Å². The number of piperazine rings is 1. The molecule has 1 amide bonds. The maximum Gasteiger partial charge on any atom is 0.219 e. The lowest BCUT2D eigenvalue weighted by atomic mass is 10.3. The van der Waals surface area contributed by atoms with Crippen LogP contribution in [0.25, 0.3) is 5.65 Å². The number of rotatable bonds is 1. The number of nitrogens with zero attached hydrogens (tertiary/aromatic N) is 5. The van der Waals surface area contributed by atoms with E-state index in [9.17, 15) is 4.79 Å². The molecular formula is C12H15N5O. The van der Waals surface area contributed by atoms with Crippen molar-refractivity contribution in [1.82, 2.24) is 19.3 Å². The first-order valence-corrected chi connectivity index (χ1v) is 6.04. The highest BCUT2D eigenvalue weighted by Gasteiger charge is 2.21. The largest absolute Gasteiger partial charge is 0.350 e. The van der Waals surface area contributed by atoms with Gasteiger partial charge in [-0.3, -0.25) is 4.79 Å². The minimum absolute atomic E-state index is 0.140. The number of aromatic nitrogens is 3. The minimum Gasteiger partial charge on any atom is -0.350 e. The normalized spacial score (nSPS) is 16.3. The van der Waals surface area contributed by atoms with E-state index < -0.39 is 0 Å². The van der Waals surface area contributed by atoms with Crippen molar-refractivity contribution < 1.29 is 4.79 Å². The van der Waals surface area contributed by atoms with Gasteiger partial charge in [0.2, 0.25) is 5.91 Å². The number of carbonyl (C=O) groups excluding carboxylic acids is 1. The van der Waals surface area contributed by atoms with Crippen molar-refractivity contribution in [3.8, 4) is 0 Å². The summed E-state index contributed by atoms with van der Waals surface area (Å²) in [5, 5.41) is 0. The SMILES string of the molecule is CC(=O)N1CCN(c2nccn3ccnc23)CC1. The molecule has 2 aromatic rings. The summed E-state index contributed by atoms with van der Waals surface area (Å²) in [5.41, 5.74) is 0.869. The van der Waals surface area contributed by atoms with Crippen LogP contribution in [0.2, 0.25) is 0 Å². The molecule has 1 fully saturated rings. The molecule has 1 aliphatic heterocycles. The van der Waals surface area contributed by atoms with Gasteiger partial charge in [-0.2, -0.15) is 0 Å². The van der Waals surface area contributed by atoms with E-state index in [-0.39, 0.29) is 5.91 Å². The Morgan fingerprint density at radius 1 is 1.11 bits per heavy atom. The molecule has 0 radical (unpaired) electrons. The third kappa shape index (κ3) is 1.79. The van der Waals surface area contributed by atoms with Crippen LogP contribution < -0.4 is 4.90 Å². The number of amides is 1. The van der Waals surface area contributed by atoms with Gasteiger partial charge in [0.25, 0.3) is 0 Å².